The number of aromatic nitrogens is 2. The summed E-state index contributed by atoms with van der Waals surface area (Å²) >= 11 is 0. The van der Waals surface area contributed by atoms with E-state index in [1.165, 1.54) is 6.33 Å². The van der Waals surface area contributed by atoms with Gasteiger partial charge in [0.25, 0.3) is 5.56 Å². The van der Waals surface area contributed by atoms with E-state index in [0.29, 0.717) is 19.0 Å². The van der Waals surface area contributed by atoms with Gasteiger partial charge >= 0.3 is 0 Å². The van der Waals surface area contributed by atoms with Crippen molar-refractivity contribution in [3.63, 3.8) is 0 Å². The van der Waals surface area contributed by atoms with Crippen molar-refractivity contribution < 1.29 is 4.74 Å². The minimum Gasteiger partial charge on any atom is -0.391 e. The fourth-order valence-electron chi connectivity index (χ4n) is 1.32. The molecule has 1 aromatic heterocycles. The number of nitrogens with zero attached hydrogens (tertiary/aromatic N) is 2. The van der Waals surface area contributed by atoms with E-state index in [1.54, 1.807) is 0 Å². The first-order valence-corrected chi connectivity index (χ1v) is 4.70. The molecule has 1 fully saturated rings. The van der Waals surface area contributed by atoms with Crippen molar-refractivity contribution in [2.24, 2.45) is 0 Å². The summed E-state index contributed by atoms with van der Waals surface area (Å²) in [5, 5.41) is 1.92. The predicted molar refractivity (Wildman–Crippen MR) is 55.3 cm³/mol. The third kappa shape index (κ3) is 2.25. The van der Waals surface area contributed by atoms with Crippen molar-refractivity contribution in [2.75, 3.05) is 37.5 Å². The van der Waals surface area contributed by atoms with Crippen molar-refractivity contribution in [3.05, 3.63) is 16.7 Å². The van der Waals surface area contributed by atoms with Gasteiger partial charge in [0.2, 0.25) is 0 Å². The van der Waals surface area contributed by atoms with Gasteiger partial charge in [-0.2, -0.15) is 0 Å². The van der Waals surface area contributed by atoms with E-state index < -0.39 is 0 Å². The fourth-order valence-corrected chi connectivity index (χ4v) is 1.32. The zero-order valence-corrected chi connectivity index (χ0v) is 8.19. The lowest BCUT2D eigenvalue weighted by molar-refractivity contribution is 0.0495. The Morgan fingerprint density at radius 3 is 3.00 bits per heavy atom. The summed E-state index contributed by atoms with van der Waals surface area (Å²) in [5.74, 6) is 0.389. The summed E-state index contributed by atoms with van der Waals surface area (Å²) in [4.78, 5) is 17.5. The summed E-state index contributed by atoms with van der Waals surface area (Å²) in [6.45, 7) is 2.81. The van der Waals surface area contributed by atoms with Crippen molar-refractivity contribution in [2.45, 2.75) is 0 Å². The summed E-state index contributed by atoms with van der Waals surface area (Å²) in [6, 6.07) is 0. The first kappa shape index (κ1) is 9.94. The number of hydrogen-bond donors (Lipinski definition) is 3. The van der Waals surface area contributed by atoms with Gasteiger partial charge in [0.15, 0.2) is 5.82 Å². The molecule has 2 rings (SSSR count). The number of ether oxygens (including phenoxy) is 1. The highest BCUT2D eigenvalue weighted by Gasteiger charge is 2.12. The molecule has 1 aliphatic heterocycles. The van der Waals surface area contributed by atoms with Crippen molar-refractivity contribution in [3.8, 4) is 0 Å². The van der Waals surface area contributed by atoms with Crippen LogP contribution in [0.1, 0.15) is 0 Å². The lowest BCUT2D eigenvalue weighted by Crippen LogP contribution is -2.41. The standard InChI is InChI=1S/C8H13N5O2/c9-6-7(10-5-11-8(6)14)12-13-1-3-15-4-2-13/h5H,1-4,9H2,(H2,10,11,12,14). The van der Waals surface area contributed by atoms with Crippen LogP contribution in [-0.4, -0.2) is 41.3 Å². The summed E-state index contributed by atoms with van der Waals surface area (Å²) < 4.78 is 5.19. The first-order valence-electron chi connectivity index (χ1n) is 4.70. The molecule has 0 aromatic carbocycles. The molecule has 0 bridgehead atoms. The quantitative estimate of drug-likeness (QED) is 0.581. The van der Waals surface area contributed by atoms with Crippen LogP contribution in [0.15, 0.2) is 11.1 Å². The molecule has 1 saturated heterocycles. The highest BCUT2D eigenvalue weighted by atomic mass is 16.5. The Hall–Kier alpha value is -1.60. The number of rotatable bonds is 2. The molecule has 0 aliphatic carbocycles. The Labute approximate surface area is 86.2 Å². The first-order chi connectivity index (χ1) is 7.27. The highest BCUT2D eigenvalue weighted by Crippen LogP contribution is 2.09. The van der Waals surface area contributed by atoms with Gasteiger partial charge in [-0.25, -0.2) is 9.99 Å². The number of hydrogen-bond acceptors (Lipinski definition) is 6. The molecule has 0 atom stereocenters. The van der Waals surface area contributed by atoms with E-state index in [2.05, 4.69) is 15.4 Å². The van der Waals surface area contributed by atoms with Gasteiger partial charge in [-0.3, -0.25) is 4.79 Å². The van der Waals surface area contributed by atoms with Gasteiger partial charge in [0.05, 0.1) is 19.5 Å². The number of anilines is 2. The molecule has 0 saturated carbocycles. The Balaban J connectivity index is 2.09. The number of morpholine rings is 1. The van der Waals surface area contributed by atoms with Crippen LogP contribution in [0.5, 0.6) is 0 Å². The van der Waals surface area contributed by atoms with E-state index in [0.717, 1.165) is 13.1 Å². The van der Waals surface area contributed by atoms with Crippen molar-refractivity contribution >= 4 is 11.5 Å². The van der Waals surface area contributed by atoms with Gasteiger partial charge in [-0.15, -0.1) is 0 Å². The SMILES string of the molecule is Nc1c(NN2CCOCC2)nc[nH]c1=O. The van der Waals surface area contributed by atoms with E-state index in [1.807, 2.05) is 5.01 Å². The maximum Gasteiger partial charge on any atom is 0.276 e. The van der Waals surface area contributed by atoms with E-state index in [4.69, 9.17) is 10.5 Å². The zero-order valence-electron chi connectivity index (χ0n) is 8.19. The van der Waals surface area contributed by atoms with Crippen molar-refractivity contribution in [1.82, 2.24) is 15.0 Å². The third-order valence-electron chi connectivity index (χ3n) is 2.16. The number of nitrogens with two attached hydrogens (primary N) is 1. The summed E-state index contributed by atoms with van der Waals surface area (Å²) in [5.41, 5.74) is 8.33. The third-order valence-corrected chi connectivity index (χ3v) is 2.16. The van der Waals surface area contributed by atoms with Gasteiger partial charge in [-0.1, -0.05) is 0 Å². The summed E-state index contributed by atoms with van der Waals surface area (Å²) in [6.07, 6.45) is 1.32. The Morgan fingerprint density at radius 1 is 1.53 bits per heavy atom. The minimum absolute atomic E-state index is 0.101. The number of nitrogens with one attached hydrogen (secondary N) is 2. The van der Waals surface area contributed by atoms with Gasteiger partial charge < -0.3 is 20.9 Å². The molecule has 1 aliphatic rings. The Bertz CT molecular complexity index is 385. The second-order valence-corrected chi connectivity index (χ2v) is 3.21. The van der Waals surface area contributed by atoms with Crippen molar-refractivity contribution in [1.29, 1.82) is 0 Å². The van der Waals surface area contributed by atoms with Crippen LogP contribution in [0.25, 0.3) is 0 Å². The summed E-state index contributed by atoms with van der Waals surface area (Å²) in [7, 11) is 0. The lowest BCUT2D eigenvalue weighted by Gasteiger charge is -2.27. The largest absolute Gasteiger partial charge is 0.391 e. The van der Waals surface area contributed by atoms with E-state index in [9.17, 15) is 4.79 Å². The van der Waals surface area contributed by atoms with Crippen LogP contribution in [0.2, 0.25) is 0 Å². The zero-order chi connectivity index (χ0) is 10.7. The normalized spacial score (nSPS) is 17.6. The van der Waals surface area contributed by atoms with E-state index in [-0.39, 0.29) is 11.2 Å². The van der Waals surface area contributed by atoms with Gasteiger partial charge in [0.1, 0.15) is 5.69 Å². The molecular formula is C8H13N5O2. The molecule has 0 amide bonds. The average Bonchev–Trinajstić information content (AvgIpc) is 2.26. The molecule has 0 unspecified atom stereocenters. The van der Waals surface area contributed by atoms with Gasteiger partial charge in [-0.05, 0) is 0 Å². The lowest BCUT2D eigenvalue weighted by atomic mass is 10.4. The molecule has 15 heavy (non-hydrogen) atoms. The molecule has 7 heteroatoms. The number of nitrogen functional groups attached to an aromatic ring is 1. The fraction of sp³-hybridized carbons (Fsp3) is 0.500. The maximum absolute atomic E-state index is 11.2. The minimum atomic E-state index is -0.333. The molecule has 7 nitrogen and oxygen atoms in total. The van der Waals surface area contributed by atoms with Crippen LogP contribution >= 0.6 is 0 Å². The van der Waals surface area contributed by atoms with Crippen LogP contribution in [-0.2, 0) is 4.74 Å². The van der Waals surface area contributed by atoms with Crippen LogP contribution < -0.4 is 16.7 Å². The Kier molecular flexibility index (Phi) is 2.84. The van der Waals surface area contributed by atoms with Gasteiger partial charge in [0, 0.05) is 13.1 Å². The van der Waals surface area contributed by atoms with E-state index >= 15 is 0 Å². The number of H-pyrrole nitrogens is 1. The molecule has 1 aromatic rings. The predicted octanol–water partition coefficient (Wildman–Crippen LogP) is -0.989. The topological polar surface area (TPSA) is 96.3 Å². The second kappa shape index (κ2) is 4.28. The molecule has 0 spiro atoms. The number of hydrazine groups is 1. The Morgan fingerprint density at radius 2 is 2.27 bits per heavy atom. The van der Waals surface area contributed by atoms with Crippen LogP contribution in [0.4, 0.5) is 11.5 Å². The van der Waals surface area contributed by atoms with Crippen LogP contribution in [0, 0.1) is 0 Å². The molecule has 2 heterocycles. The smallest absolute Gasteiger partial charge is 0.276 e. The molecule has 0 radical (unpaired) electrons. The maximum atomic E-state index is 11.2. The number of aromatic amines is 1. The monoisotopic (exact) mass is 211 g/mol. The molecule has 82 valence electrons. The second-order valence-electron chi connectivity index (χ2n) is 3.21. The molecular weight excluding hydrogens is 198 g/mol. The van der Waals surface area contributed by atoms with Crippen LogP contribution in [0.3, 0.4) is 0 Å². The average molecular weight is 211 g/mol. The molecule has 4 N–H and O–H groups in total. The highest BCUT2D eigenvalue weighted by molar-refractivity contribution is 5.58.